The van der Waals surface area contributed by atoms with Crippen LogP contribution in [0.3, 0.4) is 0 Å². The quantitative estimate of drug-likeness (QED) is 0.507. The Morgan fingerprint density at radius 2 is 1.83 bits per heavy atom. The number of carbonyl (C=O) groups excluding carboxylic acids is 1. The molecule has 1 aromatic rings. The molecular weight excluding hydrogens is 234 g/mol. The van der Waals surface area contributed by atoms with Crippen molar-refractivity contribution in [2.75, 3.05) is 12.8 Å². The Bertz CT molecular complexity index is 423. The average Bonchev–Trinajstić information content (AvgIpc) is 2.23. The molecule has 0 heterocycles. The first kappa shape index (κ1) is 14.2. The molecule has 0 aliphatic heterocycles. The summed E-state index contributed by atoms with van der Waals surface area (Å²) in [5, 5.41) is 0. The first-order valence-corrected chi connectivity index (χ1v) is 5.62. The molecule has 5 nitrogen and oxygen atoms in total. The van der Waals surface area contributed by atoms with Crippen LogP contribution in [0.1, 0.15) is 27.2 Å². The number of methoxy groups -OCH3 is 1. The summed E-state index contributed by atoms with van der Waals surface area (Å²) in [6, 6.07) is 4.78. The maximum Gasteiger partial charge on any atom is 0.355 e. The van der Waals surface area contributed by atoms with Crippen molar-refractivity contribution in [3.63, 3.8) is 0 Å². The third-order valence-corrected chi connectivity index (χ3v) is 2.04. The maximum absolute atomic E-state index is 11.5. The van der Waals surface area contributed by atoms with Gasteiger partial charge >= 0.3 is 5.97 Å². The van der Waals surface area contributed by atoms with Gasteiger partial charge in [-0.05, 0) is 5.41 Å². The van der Waals surface area contributed by atoms with E-state index in [1.165, 1.54) is 7.11 Å². The van der Waals surface area contributed by atoms with Crippen molar-refractivity contribution in [2.45, 2.75) is 27.2 Å². The molecule has 0 fully saturated rings. The molecule has 0 unspecified atom stereocenters. The summed E-state index contributed by atoms with van der Waals surface area (Å²) in [6.07, 6.45) is 0.270. The van der Waals surface area contributed by atoms with Crippen LogP contribution in [0, 0.1) is 5.41 Å². The van der Waals surface area contributed by atoms with E-state index in [1.54, 1.807) is 18.2 Å². The van der Waals surface area contributed by atoms with Crippen LogP contribution in [0.25, 0.3) is 0 Å². The van der Waals surface area contributed by atoms with Crippen LogP contribution in [0.5, 0.6) is 11.5 Å². The highest BCUT2D eigenvalue weighted by atomic mass is 17.2. The van der Waals surface area contributed by atoms with E-state index in [4.69, 9.17) is 20.2 Å². The zero-order chi connectivity index (χ0) is 13.8. The minimum atomic E-state index is -0.427. The summed E-state index contributed by atoms with van der Waals surface area (Å²) >= 11 is 0. The summed E-state index contributed by atoms with van der Waals surface area (Å²) in [7, 11) is 1.52. The van der Waals surface area contributed by atoms with Gasteiger partial charge in [-0.15, -0.1) is 0 Å². The lowest BCUT2D eigenvalue weighted by atomic mass is 9.93. The molecule has 0 aliphatic carbocycles. The second-order valence-corrected chi connectivity index (χ2v) is 5.22. The fourth-order valence-electron chi connectivity index (χ4n) is 1.32. The van der Waals surface area contributed by atoms with Crippen LogP contribution in [-0.4, -0.2) is 13.1 Å². The van der Waals surface area contributed by atoms with Crippen LogP contribution in [0.2, 0.25) is 0 Å². The normalized spacial score (nSPS) is 10.9. The Balaban J connectivity index is 2.58. The second-order valence-electron chi connectivity index (χ2n) is 5.22. The standard InChI is InChI=1S/C13H19NO4/c1-13(2,3)8-12(15)18-17-11-6-9(14)5-10(7-11)16-4/h5-7H,8,14H2,1-4H3. The number of hydrogen-bond acceptors (Lipinski definition) is 5. The predicted octanol–water partition coefficient (Wildman–Crippen LogP) is 2.55. The lowest BCUT2D eigenvalue weighted by molar-refractivity contribution is -0.215. The lowest BCUT2D eigenvalue weighted by Gasteiger charge is -2.15. The summed E-state index contributed by atoms with van der Waals surface area (Å²) in [6.45, 7) is 5.83. The van der Waals surface area contributed by atoms with Gasteiger partial charge in [0, 0.05) is 23.9 Å². The molecule has 0 atom stereocenters. The number of ether oxygens (including phenoxy) is 1. The SMILES string of the molecule is COc1cc(N)cc(OOC(=O)CC(C)(C)C)c1. The van der Waals surface area contributed by atoms with Gasteiger partial charge < -0.3 is 10.5 Å². The van der Waals surface area contributed by atoms with Crippen molar-refractivity contribution in [1.29, 1.82) is 0 Å². The first-order chi connectivity index (χ1) is 8.30. The lowest BCUT2D eigenvalue weighted by Crippen LogP contribution is -2.16. The molecule has 0 spiro atoms. The highest BCUT2D eigenvalue weighted by molar-refractivity contribution is 5.69. The molecule has 0 aliphatic rings. The van der Waals surface area contributed by atoms with Gasteiger partial charge in [0.25, 0.3) is 0 Å². The molecule has 2 N–H and O–H groups in total. The van der Waals surface area contributed by atoms with E-state index in [2.05, 4.69) is 0 Å². The zero-order valence-electron chi connectivity index (χ0n) is 11.1. The van der Waals surface area contributed by atoms with Crippen molar-refractivity contribution in [2.24, 2.45) is 5.41 Å². The van der Waals surface area contributed by atoms with E-state index in [-0.39, 0.29) is 11.8 Å². The molecule has 0 radical (unpaired) electrons. The Labute approximate surface area is 107 Å². The van der Waals surface area contributed by atoms with Crippen LogP contribution in [-0.2, 0) is 9.68 Å². The molecule has 0 aromatic heterocycles. The number of nitrogen functional groups attached to an aromatic ring is 1. The topological polar surface area (TPSA) is 70.8 Å². The Hall–Kier alpha value is -1.91. The van der Waals surface area contributed by atoms with Gasteiger partial charge in [0.2, 0.25) is 0 Å². The van der Waals surface area contributed by atoms with Gasteiger partial charge in [-0.3, -0.25) is 9.78 Å². The summed E-state index contributed by atoms with van der Waals surface area (Å²) in [4.78, 5) is 21.1. The van der Waals surface area contributed by atoms with Crippen LogP contribution in [0.15, 0.2) is 18.2 Å². The Morgan fingerprint density at radius 3 is 2.39 bits per heavy atom. The number of anilines is 1. The van der Waals surface area contributed by atoms with Crippen LogP contribution >= 0.6 is 0 Å². The monoisotopic (exact) mass is 253 g/mol. The summed E-state index contributed by atoms with van der Waals surface area (Å²) in [5.74, 6) is 0.440. The van der Waals surface area contributed by atoms with Gasteiger partial charge in [0.05, 0.1) is 13.5 Å². The highest BCUT2D eigenvalue weighted by Gasteiger charge is 2.18. The molecule has 0 amide bonds. The van der Waals surface area contributed by atoms with Crippen molar-refractivity contribution >= 4 is 11.7 Å². The number of hydrogen-bond donors (Lipinski definition) is 1. The van der Waals surface area contributed by atoms with Gasteiger partial charge in [-0.25, -0.2) is 4.79 Å². The smallest absolute Gasteiger partial charge is 0.355 e. The van der Waals surface area contributed by atoms with E-state index >= 15 is 0 Å². The molecule has 100 valence electrons. The largest absolute Gasteiger partial charge is 0.497 e. The highest BCUT2D eigenvalue weighted by Crippen LogP contribution is 2.25. The van der Waals surface area contributed by atoms with E-state index in [1.807, 2.05) is 20.8 Å². The average molecular weight is 253 g/mol. The number of benzene rings is 1. The van der Waals surface area contributed by atoms with Crippen LogP contribution < -0.4 is 15.4 Å². The zero-order valence-corrected chi connectivity index (χ0v) is 11.1. The summed E-state index contributed by atoms with van der Waals surface area (Å²) in [5.41, 5.74) is 5.97. The number of nitrogens with two attached hydrogens (primary N) is 1. The molecule has 1 rings (SSSR count). The molecule has 0 bridgehead atoms. The fourth-order valence-corrected chi connectivity index (χ4v) is 1.32. The molecular formula is C13H19NO4. The Morgan fingerprint density at radius 1 is 1.22 bits per heavy atom. The molecule has 5 heteroatoms. The Kier molecular flexibility index (Phi) is 4.42. The van der Waals surface area contributed by atoms with Crippen molar-refractivity contribution < 1.29 is 19.3 Å². The molecule has 1 aromatic carbocycles. The molecule has 0 saturated carbocycles. The van der Waals surface area contributed by atoms with E-state index in [0.29, 0.717) is 17.2 Å². The van der Waals surface area contributed by atoms with Crippen LogP contribution in [0.4, 0.5) is 5.69 Å². The van der Waals surface area contributed by atoms with E-state index < -0.39 is 5.97 Å². The van der Waals surface area contributed by atoms with Gasteiger partial charge in [-0.1, -0.05) is 20.8 Å². The fraction of sp³-hybridized carbons (Fsp3) is 0.462. The minimum Gasteiger partial charge on any atom is -0.497 e. The predicted molar refractivity (Wildman–Crippen MR) is 68.2 cm³/mol. The van der Waals surface area contributed by atoms with Crippen molar-refractivity contribution in [1.82, 2.24) is 0 Å². The van der Waals surface area contributed by atoms with Gasteiger partial charge in [0.15, 0.2) is 5.75 Å². The summed E-state index contributed by atoms with van der Waals surface area (Å²) < 4.78 is 5.02. The third kappa shape index (κ3) is 4.95. The van der Waals surface area contributed by atoms with Crippen molar-refractivity contribution in [3.8, 4) is 11.5 Å². The number of carbonyl (C=O) groups is 1. The van der Waals surface area contributed by atoms with E-state index in [0.717, 1.165) is 0 Å². The maximum atomic E-state index is 11.5. The number of rotatable bonds is 4. The van der Waals surface area contributed by atoms with Gasteiger partial charge in [-0.2, -0.15) is 0 Å². The molecule has 0 saturated heterocycles. The third-order valence-electron chi connectivity index (χ3n) is 2.04. The van der Waals surface area contributed by atoms with Gasteiger partial charge in [0.1, 0.15) is 5.75 Å². The second kappa shape index (κ2) is 5.62. The van der Waals surface area contributed by atoms with Crippen molar-refractivity contribution in [3.05, 3.63) is 18.2 Å². The molecule has 18 heavy (non-hydrogen) atoms. The van der Waals surface area contributed by atoms with E-state index in [9.17, 15) is 4.79 Å². The first-order valence-electron chi connectivity index (χ1n) is 5.62. The minimum absolute atomic E-state index is 0.145.